The third kappa shape index (κ3) is 2.94. The molecule has 12 heavy (non-hydrogen) atoms. The van der Waals surface area contributed by atoms with Crippen LogP contribution in [0, 0.1) is 5.92 Å². The van der Waals surface area contributed by atoms with Gasteiger partial charge < -0.3 is 0 Å². The van der Waals surface area contributed by atoms with E-state index in [-0.39, 0.29) is 12.0 Å². The van der Waals surface area contributed by atoms with E-state index in [1.807, 2.05) is 20.8 Å². The van der Waals surface area contributed by atoms with E-state index >= 15 is 0 Å². The molecular weight excluding hydrogens is 150 g/mol. The first-order valence-electron chi connectivity index (χ1n) is 4.82. The minimum atomic E-state index is 0.0833. The Balaban J connectivity index is 4.15. The molecule has 0 amide bonds. The van der Waals surface area contributed by atoms with Gasteiger partial charge in [0.2, 0.25) is 0 Å². The lowest BCUT2D eigenvalue weighted by Gasteiger charge is -2.26. The number of Topliss-reactive ketones (excluding diaryl/α,β-unsaturated/α-hetero) is 1. The van der Waals surface area contributed by atoms with Crippen molar-refractivity contribution in [2.24, 2.45) is 5.92 Å². The van der Waals surface area contributed by atoms with E-state index in [4.69, 9.17) is 0 Å². The number of hydrogen-bond acceptors (Lipinski definition) is 2. The van der Waals surface area contributed by atoms with Gasteiger partial charge in [0.1, 0.15) is 0 Å². The van der Waals surface area contributed by atoms with Crippen molar-refractivity contribution < 1.29 is 4.79 Å². The molecule has 2 nitrogen and oxygen atoms in total. The summed E-state index contributed by atoms with van der Waals surface area (Å²) in [7, 11) is 0. The fourth-order valence-electron chi connectivity index (χ4n) is 1.43. The lowest BCUT2D eigenvalue weighted by Crippen LogP contribution is -2.40. The third-order valence-corrected chi connectivity index (χ3v) is 2.34. The van der Waals surface area contributed by atoms with Crippen LogP contribution in [-0.4, -0.2) is 29.8 Å². The predicted octanol–water partition coefficient (Wildman–Crippen LogP) is 1.94. The molecule has 0 unspecified atom stereocenters. The van der Waals surface area contributed by atoms with Gasteiger partial charge in [0, 0.05) is 5.92 Å². The summed E-state index contributed by atoms with van der Waals surface area (Å²) < 4.78 is 0. The van der Waals surface area contributed by atoms with Gasteiger partial charge in [-0.25, -0.2) is 0 Å². The quantitative estimate of drug-likeness (QED) is 0.630. The highest BCUT2D eigenvalue weighted by Crippen LogP contribution is 2.06. The Labute approximate surface area is 75.9 Å². The average Bonchev–Trinajstić information content (AvgIpc) is 2.05. The van der Waals surface area contributed by atoms with Gasteiger partial charge >= 0.3 is 0 Å². The molecule has 1 atom stereocenters. The highest BCUT2D eigenvalue weighted by Gasteiger charge is 2.20. The van der Waals surface area contributed by atoms with Crippen LogP contribution in [0.5, 0.6) is 0 Å². The second-order valence-electron chi connectivity index (χ2n) is 3.45. The molecule has 0 aromatic carbocycles. The Hall–Kier alpha value is -0.370. The summed E-state index contributed by atoms with van der Waals surface area (Å²) in [6, 6.07) is 0.0833. The maximum absolute atomic E-state index is 11.6. The van der Waals surface area contributed by atoms with Crippen molar-refractivity contribution in [1.29, 1.82) is 0 Å². The Kier molecular flexibility index (Phi) is 5.14. The van der Waals surface area contributed by atoms with Gasteiger partial charge in [-0.1, -0.05) is 27.7 Å². The molecule has 72 valence electrons. The normalized spacial score (nSPS) is 13.9. The van der Waals surface area contributed by atoms with E-state index in [1.54, 1.807) is 0 Å². The van der Waals surface area contributed by atoms with Crippen molar-refractivity contribution in [2.75, 3.05) is 13.1 Å². The van der Waals surface area contributed by atoms with Crippen LogP contribution in [0.25, 0.3) is 0 Å². The fraction of sp³-hybridized carbons (Fsp3) is 0.900. The molecule has 0 aliphatic carbocycles. The zero-order valence-electron chi connectivity index (χ0n) is 8.92. The third-order valence-electron chi connectivity index (χ3n) is 2.34. The van der Waals surface area contributed by atoms with Gasteiger partial charge in [-0.3, -0.25) is 9.69 Å². The monoisotopic (exact) mass is 171 g/mol. The summed E-state index contributed by atoms with van der Waals surface area (Å²) in [4.78, 5) is 13.7. The lowest BCUT2D eigenvalue weighted by atomic mass is 10.0. The van der Waals surface area contributed by atoms with Crippen LogP contribution < -0.4 is 0 Å². The molecule has 0 rings (SSSR count). The zero-order chi connectivity index (χ0) is 9.72. The summed E-state index contributed by atoms with van der Waals surface area (Å²) in [5.41, 5.74) is 0. The lowest BCUT2D eigenvalue weighted by molar-refractivity contribution is -0.126. The number of ketones is 1. The van der Waals surface area contributed by atoms with Gasteiger partial charge in [-0.05, 0) is 20.0 Å². The first kappa shape index (κ1) is 11.6. The molecule has 0 spiro atoms. The number of carbonyl (C=O) groups is 1. The first-order chi connectivity index (χ1) is 5.54. The largest absolute Gasteiger partial charge is 0.298 e. The first-order valence-corrected chi connectivity index (χ1v) is 4.82. The van der Waals surface area contributed by atoms with Crippen molar-refractivity contribution in [3.05, 3.63) is 0 Å². The Morgan fingerprint density at radius 2 is 1.58 bits per heavy atom. The van der Waals surface area contributed by atoms with Crippen molar-refractivity contribution in [3.63, 3.8) is 0 Å². The van der Waals surface area contributed by atoms with Crippen LogP contribution in [0.1, 0.15) is 34.6 Å². The van der Waals surface area contributed by atoms with Gasteiger partial charge in [0.15, 0.2) is 5.78 Å². The van der Waals surface area contributed by atoms with Gasteiger partial charge in [0.25, 0.3) is 0 Å². The number of rotatable bonds is 5. The van der Waals surface area contributed by atoms with Crippen molar-refractivity contribution in [2.45, 2.75) is 40.7 Å². The molecule has 0 aliphatic rings. The second-order valence-corrected chi connectivity index (χ2v) is 3.45. The zero-order valence-corrected chi connectivity index (χ0v) is 8.92. The SMILES string of the molecule is CCN(CC)[C@H](C)C(=O)C(C)C. The van der Waals surface area contributed by atoms with Gasteiger partial charge in [-0.15, -0.1) is 0 Å². The Bertz CT molecular complexity index is 139. The second kappa shape index (κ2) is 5.31. The van der Waals surface area contributed by atoms with Crippen LogP contribution in [0.3, 0.4) is 0 Å². The van der Waals surface area contributed by atoms with E-state index in [0.717, 1.165) is 13.1 Å². The number of hydrogen-bond donors (Lipinski definition) is 0. The van der Waals surface area contributed by atoms with Crippen LogP contribution in [-0.2, 0) is 4.79 Å². The summed E-state index contributed by atoms with van der Waals surface area (Å²) in [6.07, 6.45) is 0. The highest BCUT2D eigenvalue weighted by atomic mass is 16.1. The standard InChI is InChI=1S/C10H21NO/c1-6-11(7-2)9(5)10(12)8(3)4/h8-9H,6-7H2,1-5H3/t9-/m1/s1. The van der Waals surface area contributed by atoms with E-state index in [2.05, 4.69) is 18.7 Å². The summed E-state index contributed by atoms with van der Waals surface area (Å²) in [5, 5.41) is 0. The molecule has 0 aliphatic heterocycles. The van der Waals surface area contributed by atoms with Crippen LogP contribution in [0.15, 0.2) is 0 Å². The topological polar surface area (TPSA) is 20.3 Å². The minimum absolute atomic E-state index is 0.0833. The van der Waals surface area contributed by atoms with E-state index in [0.29, 0.717) is 5.78 Å². The summed E-state index contributed by atoms with van der Waals surface area (Å²) in [6.45, 7) is 12.0. The molecule has 0 saturated heterocycles. The van der Waals surface area contributed by atoms with Gasteiger partial charge in [0.05, 0.1) is 6.04 Å². The van der Waals surface area contributed by atoms with Gasteiger partial charge in [-0.2, -0.15) is 0 Å². The average molecular weight is 171 g/mol. The molecule has 0 bridgehead atoms. The molecular formula is C10H21NO. The van der Waals surface area contributed by atoms with Crippen molar-refractivity contribution >= 4 is 5.78 Å². The maximum Gasteiger partial charge on any atom is 0.152 e. The molecule has 0 saturated carbocycles. The Morgan fingerprint density at radius 1 is 1.17 bits per heavy atom. The summed E-state index contributed by atoms with van der Waals surface area (Å²) in [5.74, 6) is 0.499. The summed E-state index contributed by atoms with van der Waals surface area (Å²) >= 11 is 0. The van der Waals surface area contributed by atoms with E-state index in [9.17, 15) is 4.79 Å². The van der Waals surface area contributed by atoms with Crippen LogP contribution >= 0.6 is 0 Å². The molecule has 0 radical (unpaired) electrons. The Morgan fingerprint density at radius 3 is 1.83 bits per heavy atom. The number of likely N-dealkylation sites (N-methyl/N-ethyl adjacent to an activating group) is 1. The van der Waals surface area contributed by atoms with Crippen LogP contribution in [0.2, 0.25) is 0 Å². The molecule has 0 aromatic rings. The molecule has 2 heteroatoms. The fourth-order valence-corrected chi connectivity index (χ4v) is 1.43. The minimum Gasteiger partial charge on any atom is -0.298 e. The predicted molar refractivity (Wildman–Crippen MR) is 52.2 cm³/mol. The highest BCUT2D eigenvalue weighted by molar-refractivity contribution is 5.85. The molecule has 0 N–H and O–H groups in total. The van der Waals surface area contributed by atoms with Crippen molar-refractivity contribution in [3.8, 4) is 0 Å². The van der Waals surface area contributed by atoms with Crippen LogP contribution in [0.4, 0.5) is 0 Å². The van der Waals surface area contributed by atoms with E-state index in [1.165, 1.54) is 0 Å². The molecule has 0 heterocycles. The smallest absolute Gasteiger partial charge is 0.152 e. The number of nitrogens with zero attached hydrogens (tertiary/aromatic N) is 1. The molecule has 0 fully saturated rings. The van der Waals surface area contributed by atoms with Crippen molar-refractivity contribution in [1.82, 2.24) is 4.90 Å². The number of carbonyl (C=O) groups excluding carboxylic acids is 1. The van der Waals surface area contributed by atoms with E-state index < -0.39 is 0 Å². The maximum atomic E-state index is 11.6. The molecule has 0 aromatic heterocycles.